The van der Waals surface area contributed by atoms with Crippen molar-refractivity contribution in [3.63, 3.8) is 0 Å². The molecule has 1 aromatic rings. The second kappa shape index (κ2) is 9.00. The fourth-order valence-corrected chi connectivity index (χ4v) is 2.56. The first-order chi connectivity index (χ1) is 10.1. The van der Waals surface area contributed by atoms with Crippen molar-refractivity contribution in [2.75, 3.05) is 25.2 Å². The summed E-state index contributed by atoms with van der Waals surface area (Å²) in [6.07, 6.45) is 2.21. The third-order valence-electron chi connectivity index (χ3n) is 3.93. The molecule has 0 spiro atoms. The third kappa shape index (κ3) is 4.97. The average molecular weight is 293 g/mol. The number of rotatable bonds is 9. The lowest BCUT2D eigenvalue weighted by atomic mass is 10.1. The van der Waals surface area contributed by atoms with E-state index in [4.69, 9.17) is 15.5 Å². The summed E-state index contributed by atoms with van der Waals surface area (Å²) in [6.45, 7) is 10.9. The van der Waals surface area contributed by atoms with Crippen LogP contribution >= 0.6 is 0 Å². The fourth-order valence-electron chi connectivity index (χ4n) is 2.56. The number of anilines is 1. The molecule has 0 atom stereocenters. The molecule has 1 aromatic heterocycles. The van der Waals surface area contributed by atoms with E-state index in [-0.39, 0.29) is 0 Å². The molecular weight excluding hydrogens is 262 g/mol. The van der Waals surface area contributed by atoms with E-state index in [1.54, 1.807) is 7.11 Å². The number of methoxy groups -OCH3 is 1. The highest BCUT2D eigenvalue weighted by molar-refractivity contribution is 5.44. The molecule has 0 radical (unpaired) electrons. The topological polar surface area (TPSA) is 51.4 Å². The zero-order valence-electron chi connectivity index (χ0n) is 14.2. The summed E-state index contributed by atoms with van der Waals surface area (Å²) in [5.74, 6) is 1.44. The fraction of sp³-hybridized carbons (Fsp3) is 0.706. The molecule has 0 aliphatic heterocycles. The van der Waals surface area contributed by atoms with Gasteiger partial charge in [0.25, 0.3) is 0 Å². The molecule has 4 nitrogen and oxygen atoms in total. The van der Waals surface area contributed by atoms with Crippen LogP contribution in [0.15, 0.2) is 12.1 Å². The number of aromatic nitrogens is 1. The normalized spacial score (nSPS) is 11.4. The van der Waals surface area contributed by atoms with Crippen molar-refractivity contribution in [3.05, 3.63) is 23.4 Å². The lowest BCUT2D eigenvalue weighted by Gasteiger charge is -2.32. The Labute approximate surface area is 129 Å². The van der Waals surface area contributed by atoms with Gasteiger partial charge in [0, 0.05) is 31.9 Å². The molecule has 0 saturated carbocycles. The largest absolute Gasteiger partial charge is 0.383 e. The minimum absolute atomic E-state index is 0.404. The quantitative estimate of drug-likeness (QED) is 0.759. The van der Waals surface area contributed by atoms with E-state index in [2.05, 4.69) is 44.7 Å². The van der Waals surface area contributed by atoms with Crippen LogP contribution in [0.1, 0.15) is 57.7 Å². The zero-order valence-corrected chi connectivity index (χ0v) is 14.2. The summed E-state index contributed by atoms with van der Waals surface area (Å²) in [5, 5.41) is 0. The Bertz CT molecular complexity index is 416. The summed E-state index contributed by atoms with van der Waals surface area (Å²) in [6, 6.07) is 4.73. The Balaban J connectivity index is 3.18. The molecule has 0 fully saturated rings. The van der Waals surface area contributed by atoms with Crippen molar-refractivity contribution in [1.82, 2.24) is 4.98 Å². The van der Waals surface area contributed by atoms with E-state index in [0.717, 1.165) is 36.5 Å². The van der Waals surface area contributed by atoms with Crippen molar-refractivity contribution in [2.45, 2.75) is 59.0 Å². The average Bonchev–Trinajstić information content (AvgIpc) is 2.50. The number of pyridine rings is 1. The Morgan fingerprint density at radius 1 is 1.24 bits per heavy atom. The highest BCUT2D eigenvalue weighted by atomic mass is 16.5. The van der Waals surface area contributed by atoms with Gasteiger partial charge in [-0.05, 0) is 36.5 Å². The van der Waals surface area contributed by atoms with E-state index in [1.807, 2.05) is 0 Å². The van der Waals surface area contributed by atoms with Gasteiger partial charge in [-0.25, -0.2) is 4.98 Å². The van der Waals surface area contributed by atoms with Crippen LogP contribution in [0.2, 0.25) is 0 Å². The SMILES string of the molecule is CCC(CC)N(CCOC)c1cc(CN)cc(C(C)C)n1. The summed E-state index contributed by atoms with van der Waals surface area (Å²) in [7, 11) is 1.74. The predicted octanol–water partition coefficient (Wildman–Crippen LogP) is 3.31. The molecule has 0 aliphatic rings. The molecule has 1 heterocycles. The molecule has 0 aromatic carbocycles. The monoisotopic (exact) mass is 293 g/mol. The van der Waals surface area contributed by atoms with Crippen LogP contribution in [-0.4, -0.2) is 31.3 Å². The molecule has 0 amide bonds. The molecule has 0 aliphatic carbocycles. The maximum Gasteiger partial charge on any atom is 0.129 e. The minimum Gasteiger partial charge on any atom is -0.383 e. The van der Waals surface area contributed by atoms with E-state index >= 15 is 0 Å². The van der Waals surface area contributed by atoms with Gasteiger partial charge in [0.05, 0.1) is 6.61 Å². The van der Waals surface area contributed by atoms with Gasteiger partial charge in [0.15, 0.2) is 0 Å². The molecule has 0 saturated heterocycles. The zero-order chi connectivity index (χ0) is 15.8. The number of ether oxygens (including phenoxy) is 1. The van der Waals surface area contributed by atoms with Crippen LogP contribution < -0.4 is 10.6 Å². The first-order valence-electron chi connectivity index (χ1n) is 8.03. The third-order valence-corrected chi connectivity index (χ3v) is 3.93. The van der Waals surface area contributed by atoms with Crippen LogP contribution in [0.4, 0.5) is 5.82 Å². The molecule has 120 valence electrons. The second-order valence-corrected chi connectivity index (χ2v) is 5.77. The summed E-state index contributed by atoms with van der Waals surface area (Å²) < 4.78 is 5.27. The van der Waals surface area contributed by atoms with Crippen molar-refractivity contribution in [2.24, 2.45) is 5.73 Å². The van der Waals surface area contributed by atoms with Crippen LogP contribution in [-0.2, 0) is 11.3 Å². The number of hydrogen-bond donors (Lipinski definition) is 1. The van der Waals surface area contributed by atoms with Crippen LogP contribution in [0.3, 0.4) is 0 Å². The van der Waals surface area contributed by atoms with Crippen molar-refractivity contribution in [1.29, 1.82) is 0 Å². The van der Waals surface area contributed by atoms with E-state index in [1.165, 1.54) is 0 Å². The molecular formula is C17H31N3O. The molecule has 0 bridgehead atoms. The Kier molecular flexibility index (Phi) is 7.68. The number of nitrogens with two attached hydrogens (primary N) is 1. The number of nitrogens with zero attached hydrogens (tertiary/aromatic N) is 2. The minimum atomic E-state index is 0.404. The smallest absolute Gasteiger partial charge is 0.129 e. The van der Waals surface area contributed by atoms with Crippen LogP contribution in [0.5, 0.6) is 0 Å². The van der Waals surface area contributed by atoms with Gasteiger partial charge in [-0.2, -0.15) is 0 Å². The maximum atomic E-state index is 5.86. The molecule has 21 heavy (non-hydrogen) atoms. The van der Waals surface area contributed by atoms with Gasteiger partial charge in [-0.15, -0.1) is 0 Å². The van der Waals surface area contributed by atoms with Gasteiger partial charge in [0.2, 0.25) is 0 Å². The first-order valence-corrected chi connectivity index (χ1v) is 8.03. The van der Waals surface area contributed by atoms with Crippen molar-refractivity contribution in [3.8, 4) is 0 Å². The van der Waals surface area contributed by atoms with Gasteiger partial charge in [-0.1, -0.05) is 27.7 Å². The highest BCUT2D eigenvalue weighted by Gasteiger charge is 2.18. The predicted molar refractivity (Wildman–Crippen MR) is 89.8 cm³/mol. The lowest BCUT2D eigenvalue weighted by molar-refractivity contribution is 0.202. The van der Waals surface area contributed by atoms with Gasteiger partial charge >= 0.3 is 0 Å². The Morgan fingerprint density at radius 2 is 1.90 bits per heavy atom. The van der Waals surface area contributed by atoms with Crippen LogP contribution in [0, 0.1) is 0 Å². The maximum absolute atomic E-state index is 5.86. The molecule has 2 N–H and O–H groups in total. The molecule has 0 unspecified atom stereocenters. The van der Waals surface area contributed by atoms with E-state index in [9.17, 15) is 0 Å². The van der Waals surface area contributed by atoms with Gasteiger partial charge < -0.3 is 15.4 Å². The second-order valence-electron chi connectivity index (χ2n) is 5.77. The first kappa shape index (κ1) is 17.9. The van der Waals surface area contributed by atoms with Crippen molar-refractivity contribution < 1.29 is 4.74 Å². The summed E-state index contributed by atoms with van der Waals surface area (Å²) in [4.78, 5) is 7.24. The summed E-state index contributed by atoms with van der Waals surface area (Å²) >= 11 is 0. The highest BCUT2D eigenvalue weighted by Crippen LogP contribution is 2.23. The van der Waals surface area contributed by atoms with Crippen LogP contribution in [0.25, 0.3) is 0 Å². The molecule has 1 rings (SSSR count). The Morgan fingerprint density at radius 3 is 2.38 bits per heavy atom. The standard InChI is InChI=1S/C17H31N3O/c1-6-15(7-2)20(8-9-21-5)17-11-14(12-18)10-16(19-17)13(3)4/h10-11,13,15H,6-9,12,18H2,1-5H3. The molecule has 4 heteroatoms. The van der Waals surface area contributed by atoms with E-state index < -0.39 is 0 Å². The van der Waals surface area contributed by atoms with Gasteiger partial charge in [-0.3, -0.25) is 0 Å². The Hall–Kier alpha value is -1.13. The van der Waals surface area contributed by atoms with Crippen molar-refractivity contribution >= 4 is 5.82 Å². The number of hydrogen-bond acceptors (Lipinski definition) is 4. The van der Waals surface area contributed by atoms with E-state index in [0.29, 0.717) is 25.1 Å². The van der Waals surface area contributed by atoms with Gasteiger partial charge in [0.1, 0.15) is 5.82 Å². The lowest BCUT2D eigenvalue weighted by Crippen LogP contribution is -2.38. The summed E-state index contributed by atoms with van der Waals surface area (Å²) in [5.41, 5.74) is 8.12.